The van der Waals surface area contributed by atoms with Crippen LogP contribution in [0.3, 0.4) is 0 Å². The van der Waals surface area contributed by atoms with Gasteiger partial charge in [0.2, 0.25) is 5.91 Å². The fourth-order valence-electron chi connectivity index (χ4n) is 2.13. The number of hydrogen-bond acceptors (Lipinski definition) is 2. The molecule has 3 N–H and O–H groups in total. The van der Waals surface area contributed by atoms with Crippen molar-refractivity contribution in [3.05, 3.63) is 0 Å². The van der Waals surface area contributed by atoms with E-state index in [4.69, 9.17) is 5.73 Å². The molecule has 3 nitrogen and oxygen atoms in total. The van der Waals surface area contributed by atoms with Gasteiger partial charge in [0.15, 0.2) is 0 Å². The lowest BCUT2D eigenvalue weighted by Crippen LogP contribution is -2.36. The van der Waals surface area contributed by atoms with Crippen LogP contribution in [0, 0.1) is 5.41 Å². The Morgan fingerprint density at radius 1 is 1.38 bits per heavy atom. The summed E-state index contributed by atoms with van der Waals surface area (Å²) in [6, 6.07) is 0. The van der Waals surface area contributed by atoms with Crippen molar-refractivity contribution in [2.75, 3.05) is 6.54 Å². The van der Waals surface area contributed by atoms with Crippen molar-refractivity contribution in [2.45, 2.75) is 38.5 Å². The Morgan fingerprint density at radius 3 is 2.46 bits per heavy atom. The summed E-state index contributed by atoms with van der Waals surface area (Å²) in [5.41, 5.74) is 5.86. The fraction of sp³-hybridized carbons (Fsp3) is 0.889. The first-order valence-corrected chi connectivity index (χ1v) is 5.90. The van der Waals surface area contributed by atoms with Crippen LogP contribution in [-0.4, -0.2) is 12.5 Å². The molecule has 1 rings (SSSR count). The number of nitrogens with two attached hydrogens (primary N) is 1. The van der Waals surface area contributed by atoms with Gasteiger partial charge in [-0.3, -0.25) is 8.32 Å². The molecule has 0 aliphatic heterocycles. The van der Waals surface area contributed by atoms with Gasteiger partial charge < -0.3 is 5.73 Å². The minimum Gasteiger partial charge on any atom is -0.330 e. The maximum atomic E-state index is 11.3. The van der Waals surface area contributed by atoms with Crippen LogP contribution in [0.1, 0.15) is 38.5 Å². The molecule has 1 aliphatic carbocycles. The van der Waals surface area contributed by atoms with Crippen molar-refractivity contribution in [3.8, 4) is 0 Å². The summed E-state index contributed by atoms with van der Waals surface area (Å²) in [6.45, 7) is 0.650. The number of rotatable bonds is 3. The van der Waals surface area contributed by atoms with E-state index in [1.807, 2.05) is 22.9 Å². The van der Waals surface area contributed by atoms with Gasteiger partial charge in [-0.1, -0.05) is 19.3 Å². The van der Waals surface area contributed by atoms with E-state index in [0.717, 1.165) is 12.8 Å². The monoisotopic (exact) mass is 296 g/mol. The Kier molecular flexibility index (Phi) is 4.45. The highest BCUT2D eigenvalue weighted by Crippen LogP contribution is 2.38. The van der Waals surface area contributed by atoms with Crippen molar-refractivity contribution in [1.29, 1.82) is 0 Å². The minimum atomic E-state index is 0.105. The van der Waals surface area contributed by atoms with Crippen molar-refractivity contribution in [3.63, 3.8) is 0 Å². The van der Waals surface area contributed by atoms with E-state index in [1.165, 1.54) is 19.3 Å². The van der Waals surface area contributed by atoms with Gasteiger partial charge in [0.25, 0.3) is 0 Å². The van der Waals surface area contributed by atoms with E-state index in [2.05, 4.69) is 3.53 Å². The predicted molar refractivity (Wildman–Crippen MR) is 61.4 cm³/mol. The average molecular weight is 296 g/mol. The van der Waals surface area contributed by atoms with E-state index >= 15 is 0 Å². The van der Waals surface area contributed by atoms with Crippen molar-refractivity contribution < 1.29 is 4.79 Å². The second kappa shape index (κ2) is 5.14. The Bertz CT molecular complexity index is 178. The molecule has 0 radical (unpaired) electrons. The molecule has 0 spiro atoms. The van der Waals surface area contributed by atoms with Gasteiger partial charge in [-0.05, 0) is 24.8 Å². The maximum absolute atomic E-state index is 11.3. The normalized spacial score (nSPS) is 21.1. The topological polar surface area (TPSA) is 55.1 Å². The summed E-state index contributed by atoms with van der Waals surface area (Å²) in [7, 11) is 0. The van der Waals surface area contributed by atoms with Crippen LogP contribution in [0.4, 0.5) is 0 Å². The van der Waals surface area contributed by atoms with Gasteiger partial charge in [0.05, 0.1) is 22.9 Å². The molecule has 13 heavy (non-hydrogen) atoms. The lowest BCUT2D eigenvalue weighted by molar-refractivity contribution is -0.121. The van der Waals surface area contributed by atoms with E-state index in [9.17, 15) is 4.79 Å². The van der Waals surface area contributed by atoms with Gasteiger partial charge in [0.1, 0.15) is 0 Å². The average Bonchev–Trinajstić information content (AvgIpc) is 2.19. The third-order valence-electron chi connectivity index (χ3n) is 2.99. The van der Waals surface area contributed by atoms with E-state index in [-0.39, 0.29) is 11.3 Å². The number of carbonyl (C=O) groups is 1. The Balaban J connectivity index is 2.52. The zero-order valence-corrected chi connectivity index (χ0v) is 9.97. The largest absolute Gasteiger partial charge is 0.330 e. The first kappa shape index (κ1) is 11.2. The summed E-state index contributed by atoms with van der Waals surface area (Å²) in [5.74, 6) is 0.118. The SMILES string of the molecule is NCC1(CC(=O)NI)CCCCC1. The fourth-order valence-corrected chi connectivity index (χ4v) is 2.32. The Morgan fingerprint density at radius 2 is 2.00 bits per heavy atom. The predicted octanol–water partition coefficient (Wildman–Crippen LogP) is 1.75. The first-order valence-electron chi connectivity index (χ1n) is 4.82. The number of nitrogens with one attached hydrogen (secondary N) is 1. The highest BCUT2D eigenvalue weighted by molar-refractivity contribution is 14.1. The van der Waals surface area contributed by atoms with Crippen LogP contribution in [0.2, 0.25) is 0 Å². The Hall–Kier alpha value is 0.160. The third-order valence-corrected chi connectivity index (χ3v) is 3.59. The second-order valence-electron chi connectivity index (χ2n) is 3.96. The van der Waals surface area contributed by atoms with Gasteiger partial charge in [-0.15, -0.1) is 0 Å². The first-order chi connectivity index (χ1) is 6.22. The molecule has 0 bridgehead atoms. The van der Waals surface area contributed by atoms with Crippen LogP contribution in [0.5, 0.6) is 0 Å². The quantitative estimate of drug-likeness (QED) is 0.616. The number of halogens is 1. The molecule has 0 saturated heterocycles. The van der Waals surface area contributed by atoms with Gasteiger partial charge in [-0.2, -0.15) is 0 Å². The highest BCUT2D eigenvalue weighted by atomic mass is 127. The third kappa shape index (κ3) is 3.09. The summed E-state index contributed by atoms with van der Waals surface area (Å²) in [6.07, 6.45) is 6.60. The van der Waals surface area contributed by atoms with E-state index in [1.54, 1.807) is 0 Å². The number of hydrogen-bond donors (Lipinski definition) is 2. The van der Waals surface area contributed by atoms with Crippen LogP contribution in [0.25, 0.3) is 0 Å². The van der Waals surface area contributed by atoms with Crippen LogP contribution >= 0.6 is 22.9 Å². The molecule has 1 amide bonds. The molecular weight excluding hydrogens is 279 g/mol. The molecule has 1 aliphatic rings. The molecule has 0 atom stereocenters. The number of amides is 1. The van der Waals surface area contributed by atoms with Crippen molar-refractivity contribution >= 4 is 28.8 Å². The maximum Gasteiger partial charge on any atom is 0.229 e. The lowest BCUT2D eigenvalue weighted by Gasteiger charge is -2.35. The minimum absolute atomic E-state index is 0.105. The zero-order chi connectivity index (χ0) is 9.73. The molecule has 0 aromatic rings. The van der Waals surface area contributed by atoms with Gasteiger partial charge in [-0.25, -0.2) is 0 Å². The molecule has 4 heteroatoms. The van der Waals surface area contributed by atoms with Crippen LogP contribution in [-0.2, 0) is 4.79 Å². The number of carbonyl (C=O) groups excluding carboxylic acids is 1. The summed E-state index contributed by atoms with van der Waals surface area (Å²) >= 11 is 1.89. The van der Waals surface area contributed by atoms with Crippen LogP contribution < -0.4 is 9.26 Å². The summed E-state index contributed by atoms with van der Waals surface area (Å²) in [4.78, 5) is 11.3. The zero-order valence-electron chi connectivity index (χ0n) is 7.81. The molecule has 0 aromatic heterocycles. The molecule has 0 unspecified atom stereocenters. The second-order valence-corrected chi connectivity index (χ2v) is 4.50. The molecule has 1 saturated carbocycles. The highest BCUT2D eigenvalue weighted by Gasteiger charge is 2.32. The lowest BCUT2D eigenvalue weighted by atomic mass is 9.72. The van der Waals surface area contributed by atoms with Crippen LogP contribution in [0.15, 0.2) is 0 Å². The standard InChI is InChI=1S/C9H17IN2O/c10-12-8(13)6-9(7-11)4-2-1-3-5-9/h1-7,11H2,(H,12,13). The summed E-state index contributed by atoms with van der Waals surface area (Å²) < 4.78 is 2.65. The molecular formula is C9H17IN2O. The van der Waals surface area contributed by atoms with E-state index < -0.39 is 0 Å². The molecule has 0 aromatic carbocycles. The Labute approximate surface area is 93.3 Å². The summed E-state index contributed by atoms with van der Waals surface area (Å²) in [5, 5.41) is 0. The van der Waals surface area contributed by atoms with E-state index in [0.29, 0.717) is 13.0 Å². The molecule has 76 valence electrons. The van der Waals surface area contributed by atoms with Gasteiger partial charge >= 0.3 is 0 Å². The molecule has 1 fully saturated rings. The van der Waals surface area contributed by atoms with Crippen molar-refractivity contribution in [1.82, 2.24) is 3.53 Å². The smallest absolute Gasteiger partial charge is 0.229 e. The van der Waals surface area contributed by atoms with Crippen molar-refractivity contribution in [2.24, 2.45) is 11.1 Å². The van der Waals surface area contributed by atoms with Gasteiger partial charge in [0, 0.05) is 6.42 Å². The molecule has 0 heterocycles.